The largest absolute Gasteiger partial charge is 0.341 e. The molecule has 0 aliphatic carbocycles. The number of anilines is 1. The molecule has 0 aliphatic rings. The Bertz CT molecular complexity index is 1130. The van der Waals surface area contributed by atoms with Gasteiger partial charge in [-0.15, -0.1) is 5.10 Å². The van der Waals surface area contributed by atoms with Gasteiger partial charge in [0.1, 0.15) is 11.6 Å². The second kappa shape index (κ2) is 7.43. The highest BCUT2D eigenvalue weighted by Crippen LogP contribution is 2.26. The van der Waals surface area contributed by atoms with Gasteiger partial charge in [-0.1, -0.05) is 12.1 Å². The van der Waals surface area contributed by atoms with E-state index in [1.807, 2.05) is 0 Å². The predicted molar refractivity (Wildman–Crippen MR) is 93.6 cm³/mol. The molecule has 0 atom stereocenters. The van der Waals surface area contributed by atoms with Gasteiger partial charge < -0.3 is 5.32 Å². The third kappa shape index (κ3) is 3.74. The quantitative estimate of drug-likeness (QED) is 0.698. The Morgan fingerprint density at radius 3 is 2.39 bits per heavy atom. The molecule has 3 rings (SSSR count). The smallest absolute Gasteiger partial charge is 0.318 e. The summed E-state index contributed by atoms with van der Waals surface area (Å²) in [6, 6.07) is 10.1. The number of aryl methyl sites for hydroxylation is 1. The first-order chi connectivity index (χ1) is 13.2. The summed E-state index contributed by atoms with van der Waals surface area (Å²) in [5.41, 5.74) is 0.134. The maximum atomic E-state index is 13.1. The van der Waals surface area contributed by atoms with Crippen molar-refractivity contribution in [1.29, 1.82) is 0 Å². The first-order valence-corrected chi connectivity index (χ1v) is 9.37. The van der Waals surface area contributed by atoms with E-state index < -0.39 is 32.2 Å². The molecule has 2 aromatic carbocycles. The van der Waals surface area contributed by atoms with Crippen molar-refractivity contribution in [2.24, 2.45) is 0 Å². The lowest BCUT2D eigenvalue weighted by Gasteiger charge is -2.10. The minimum absolute atomic E-state index is 0.310. The predicted octanol–water partition coefficient (Wildman–Crippen LogP) is 2.96. The van der Waals surface area contributed by atoms with Gasteiger partial charge in [0.25, 0.3) is 5.91 Å². The standard InChI is InChI=1S/C17H13F3N4O3S/c1-10-21-15(23-24(10)12-8-6-11(18)7-9-12)16(25)22-13-4-2-3-5-14(13)28(26,27)17(19)20/h2-9,17H,1H3,(H,22,25). The van der Waals surface area contributed by atoms with Crippen LogP contribution in [-0.4, -0.2) is 34.8 Å². The van der Waals surface area contributed by atoms with Crippen molar-refractivity contribution in [2.45, 2.75) is 17.6 Å². The molecule has 146 valence electrons. The summed E-state index contributed by atoms with van der Waals surface area (Å²) in [4.78, 5) is 15.7. The van der Waals surface area contributed by atoms with E-state index in [4.69, 9.17) is 0 Å². The van der Waals surface area contributed by atoms with E-state index in [0.717, 1.165) is 6.07 Å². The number of hydrogen-bond acceptors (Lipinski definition) is 5. The number of aromatic nitrogens is 3. The van der Waals surface area contributed by atoms with Crippen LogP contribution in [0.3, 0.4) is 0 Å². The van der Waals surface area contributed by atoms with Crippen LogP contribution < -0.4 is 5.32 Å². The van der Waals surface area contributed by atoms with E-state index in [9.17, 15) is 26.4 Å². The number of para-hydroxylation sites is 1. The van der Waals surface area contributed by atoms with Gasteiger partial charge in [-0.05, 0) is 43.3 Å². The number of carbonyl (C=O) groups excluding carboxylic acids is 1. The summed E-state index contributed by atoms with van der Waals surface area (Å²) < 4.78 is 63.6. The van der Waals surface area contributed by atoms with E-state index >= 15 is 0 Å². The molecule has 0 spiro atoms. The number of alkyl halides is 2. The first kappa shape index (κ1) is 19.5. The van der Waals surface area contributed by atoms with E-state index in [1.54, 1.807) is 6.92 Å². The molecule has 0 saturated heterocycles. The van der Waals surface area contributed by atoms with Crippen LogP contribution >= 0.6 is 0 Å². The van der Waals surface area contributed by atoms with Crippen LogP contribution in [0.15, 0.2) is 53.4 Å². The van der Waals surface area contributed by atoms with Crippen molar-refractivity contribution in [3.8, 4) is 5.69 Å². The Kier molecular flexibility index (Phi) is 5.18. The van der Waals surface area contributed by atoms with Gasteiger partial charge in [-0.25, -0.2) is 22.5 Å². The average molecular weight is 410 g/mol. The van der Waals surface area contributed by atoms with E-state index in [-0.39, 0.29) is 11.5 Å². The zero-order valence-corrected chi connectivity index (χ0v) is 15.1. The lowest BCUT2D eigenvalue weighted by molar-refractivity contribution is 0.101. The summed E-state index contributed by atoms with van der Waals surface area (Å²) in [6.45, 7) is 1.56. The van der Waals surface area contributed by atoms with E-state index in [1.165, 1.54) is 47.1 Å². The fourth-order valence-electron chi connectivity index (χ4n) is 2.41. The molecule has 11 heteroatoms. The van der Waals surface area contributed by atoms with Gasteiger partial charge in [0.15, 0.2) is 0 Å². The molecule has 0 saturated carbocycles. The monoisotopic (exact) mass is 410 g/mol. The third-order valence-corrected chi connectivity index (χ3v) is 5.16. The molecule has 0 aliphatic heterocycles. The fraction of sp³-hybridized carbons (Fsp3) is 0.118. The summed E-state index contributed by atoms with van der Waals surface area (Å²) in [6.07, 6.45) is 0. The number of rotatable bonds is 5. The third-order valence-electron chi connectivity index (χ3n) is 3.72. The number of amides is 1. The average Bonchev–Trinajstić information content (AvgIpc) is 3.04. The van der Waals surface area contributed by atoms with Crippen molar-refractivity contribution in [3.63, 3.8) is 0 Å². The molecule has 0 unspecified atom stereocenters. The molecular weight excluding hydrogens is 397 g/mol. The van der Waals surface area contributed by atoms with E-state index in [2.05, 4.69) is 15.4 Å². The summed E-state index contributed by atoms with van der Waals surface area (Å²) in [5.74, 6) is -4.97. The Balaban J connectivity index is 1.92. The van der Waals surface area contributed by atoms with Crippen molar-refractivity contribution < 1.29 is 26.4 Å². The van der Waals surface area contributed by atoms with Crippen LogP contribution in [0, 0.1) is 12.7 Å². The second-order valence-electron chi connectivity index (χ2n) is 5.63. The zero-order chi connectivity index (χ0) is 20.5. The van der Waals surface area contributed by atoms with Crippen molar-refractivity contribution >= 4 is 21.4 Å². The zero-order valence-electron chi connectivity index (χ0n) is 14.3. The van der Waals surface area contributed by atoms with Gasteiger partial charge in [0.2, 0.25) is 15.7 Å². The Labute approximate surface area is 157 Å². The lowest BCUT2D eigenvalue weighted by atomic mass is 10.3. The van der Waals surface area contributed by atoms with Crippen LogP contribution in [0.1, 0.15) is 16.4 Å². The Hall–Kier alpha value is -3.21. The first-order valence-electron chi connectivity index (χ1n) is 7.82. The summed E-state index contributed by atoms with van der Waals surface area (Å²) in [7, 11) is -4.91. The van der Waals surface area contributed by atoms with Crippen LogP contribution in [0.2, 0.25) is 0 Å². The molecule has 28 heavy (non-hydrogen) atoms. The van der Waals surface area contributed by atoms with Crippen LogP contribution in [0.5, 0.6) is 0 Å². The van der Waals surface area contributed by atoms with Crippen LogP contribution in [0.4, 0.5) is 18.9 Å². The summed E-state index contributed by atoms with van der Waals surface area (Å²) >= 11 is 0. The maximum absolute atomic E-state index is 13.1. The van der Waals surface area contributed by atoms with Gasteiger partial charge in [-0.2, -0.15) is 8.78 Å². The molecular formula is C17H13F3N4O3S. The van der Waals surface area contributed by atoms with Crippen molar-refractivity contribution in [2.75, 3.05) is 5.32 Å². The molecule has 1 aromatic heterocycles. The van der Waals surface area contributed by atoms with Gasteiger partial charge in [0, 0.05) is 0 Å². The number of benzene rings is 2. The normalized spacial score (nSPS) is 11.6. The molecule has 3 aromatic rings. The Morgan fingerprint density at radius 1 is 1.11 bits per heavy atom. The molecule has 1 heterocycles. The summed E-state index contributed by atoms with van der Waals surface area (Å²) in [5, 5.41) is 6.25. The van der Waals surface area contributed by atoms with Crippen molar-refractivity contribution in [1.82, 2.24) is 14.8 Å². The minimum atomic E-state index is -4.91. The number of nitrogens with one attached hydrogen (secondary N) is 1. The highest BCUT2D eigenvalue weighted by Gasteiger charge is 2.30. The Morgan fingerprint density at radius 2 is 1.75 bits per heavy atom. The number of sulfone groups is 1. The van der Waals surface area contributed by atoms with Gasteiger partial charge in [-0.3, -0.25) is 4.79 Å². The number of carbonyl (C=O) groups is 1. The highest BCUT2D eigenvalue weighted by molar-refractivity contribution is 7.91. The number of nitrogens with zero attached hydrogens (tertiary/aromatic N) is 3. The SMILES string of the molecule is Cc1nc(C(=O)Nc2ccccc2S(=O)(=O)C(F)F)nn1-c1ccc(F)cc1. The van der Waals surface area contributed by atoms with E-state index in [0.29, 0.717) is 11.5 Å². The van der Waals surface area contributed by atoms with Crippen LogP contribution in [0.25, 0.3) is 5.69 Å². The van der Waals surface area contributed by atoms with Gasteiger partial charge in [0.05, 0.1) is 16.3 Å². The minimum Gasteiger partial charge on any atom is -0.318 e. The molecule has 1 amide bonds. The fourth-order valence-corrected chi connectivity index (χ4v) is 3.29. The highest BCUT2D eigenvalue weighted by atomic mass is 32.2. The molecule has 0 bridgehead atoms. The lowest BCUT2D eigenvalue weighted by Crippen LogP contribution is -2.19. The molecule has 7 nitrogen and oxygen atoms in total. The van der Waals surface area contributed by atoms with Crippen molar-refractivity contribution in [3.05, 3.63) is 66.0 Å². The topological polar surface area (TPSA) is 93.9 Å². The number of halogens is 3. The maximum Gasteiger partial charge on any atom is 0.341 e. The second-order valence-corrected chi connectivity index (χ2v) is 7.51. The number of hydrogen-bond donors (Lipinski definition) is 1. The van der Waals surface area contributed by atoms with Gasteiger partial charge >= 0.3 is 5.76 Å². The van der Waals surface area contributed by atoms with Crippen LogP contribution in [-0.2, 0) is 9.84 Å². The molecule has 1 N–H and O–H groups in total. The molecule has 0 fully saturated rings. The molecule has 0 radical (unpaired) electrons.